The maximum Gasteiger partial charge on any atom is 0.251 e. The minimum absolute atomic E-state index is 0.0160. The lowest BCUT2D eigenvalue weighted by molar-refractivity contribution is 0.0939. The monoisotopic (exact) mass is 305 g/mol. The summed E-state index contributed by atoms with van der Waals surface area (Å²) in [5.41, 5.74) is 3.45. The van der Waals surface area contributed by atoms with Crippen LogP contribution in [0.2, 0.25) is 0 Å². The largest absolute Gasteiger partial charge is 0.351 e. The van der Waals surface area contributed by atoms with Crippen molar-refractivity contribution in [1.29, 1.82) is 0 Å². The van der Waals surface area contributed by atoms with Gasteiger partial charge in [0, 0.05) is 30.7 Å². The van der Waals surface area contributed by atoms with Crippen molar-refractivity contribution in [2.24, 2.45) is 0 Å². The van der Waals surface area contributed by atoms with E-state index < -0.39 is 0 Å². The number of amides is 1. The van der Waals surface area contributed by atoms with Crippen LogP contribution in [-0.2, 0) is 0 Å². The van der Waals surface area contributed by atoms with Crippen LogP contribution in [0.4, 0.5) is 0 Å². The molecule has 114 valence electrons. The summed E-state index contributed by atoms with van der Waals surface area (Å²) in [7, 11) is 0. The third-order valence-corrected chi connectivity index (χ3v) is 4.37. The lowest BCUT2D eigenvalue weighted by Gasteiger charge is -2.30. The van der Waals surface area contributed by atoms with Gasteiger partial charge in [-0.25, -0.2) is 4.98 Å². The van der Waals surface area contributed by atoms with E-state index in [1.807, 2.05) is 18.2 Å². The molecule has 4 nitrogen and oxygen atoms in total. The summed E-state index contributed by atoms with van der Waals surface area (Å²) >= 11 is 1.56. The summed E-state index contributed by atoms with van der Waals surface area (Å²) in [6, 6.07) is 6.60. The Balaban J connectivity index is 1.92. The molecule has 0 atom stereocenters. The SMILES string of the molecule is CC(C)N(CCNC(=O)c1ccc2ncsc2c1)C(C)C. The number of rotatable bonds is 6. The van der Waals surface area contributed by atoms with Gasteiger partial charge in [0.05, 0.1) is 15.7 Å². The molecule has 0 fully saturated rings. The first-order valence-corrected chi connectivity index (χ1v) is 8.24. The molecule has 0 aliphatic heterocycles. The van der Waals surface area contributed by atoms with Crippen LogP contribution in [0.15, 0.2) is 23.7 Å². The summed E-state index contributed by atoms with van der Waals surface area (Å²) in [5.74, 6) is -0.0160. The molecule has 1 amide bonds. The van der Waals surface area contributed by atoms with Gasteiger partial charge in [0.2, 0.25) is 0 Å². The van der Waals surface area contributed by atoms with Crippen LogP contribution in [0.25, 0.3) is 10.2 Å². The van der Waals surface area contributed by atoms with E-state index in [9.17, 15) is 4.79 Å². The Bertz CT molecular complexity index is 598. The Morgan fingerprint density at radius 1 is 1.29 bits per heavy atom. The number of hydrogen-bond donors (Lipinski definition) is 1. The van der Waals surface area contributed by atoms with E-state index in [-0.39, 0.29) is 5.91 Å². The molecule has 5 heteroatoms. The van der Waals surface area contributed by atoms with Gasteiger partial charge in [-0.2, -0.15) is 0 Å². The van der Waals surface area contributed by atoms with E-state index in [1.165, 1.54) is 0 Å². The number of aromatic nitrogens is 1. The van der Waals surface area contributed by atoms with Gasteiger partial charge in [-0.3, -0.25) is 9.69 Å². The molecule has 1 aromatic heterocycles. The third kappa shape index (κ3) is 4.02. The molecule has 0 saturated carbocycles. The van der Waals surface area contributed by atoms with E-state index in [0.717, 1.165) is 16.8 Å². The molecule has 0 aliphatic rings. The Labute approximate surface area is 130 Å². The molecular formula is C16H23N3OS. The maximum absolute atomic E-state index is 12.2. The summed E-state index contributed by atoms with van der Waals surface area (Å²) in [6.45, 7) is 10.2. The molecule has 0 unspecified atom stereocenters. The molecule has 0 radical (unpaired) electrons. The zero-order valence-corrected chi connectivity index (χ0v) is 13.9. The van der Waals surface area contributed by atoms with Gasteiger partial charge in [-0.1, -0.05) is 0 Å². The molecule has 0 spiro atoms. The number of thiazole rings is 1. The highest BCUT2D eigenvalue weighted by atomic mass is 32.1. The lowest BCUT2D eigenvalue weighted by Crippen LogP contribution is -2.42. The molecule has 0 saturated heterocycles. The smallest absolute Gasteiger partial charge is 0.251 e. The average molecular weight is 305 g/mol. The Hall–Kier alpha value is -1.46. The molecule has 0 aliphatic carbocycles. The highest BCUT2D eigenvalue weighted by molar-refractivity contribution is 7.16. The molecule has 1 heterocycles. The Morgan fingerprint density at radius 2 is 2.00 bits per heavy atom. The number of carbonyl (C=O) groups excluding carboxylic acids is 1. The number of nitrogens with one attached hydrogen (secondary N) is 1. The number of nitrogens with zero attached hydrogens (tertiary/aromatic N) is 2. The van der Waals surface area contributed by atoms with Crippen LogP contribution < -0.4 is 5.32 Å². The standard InChI is InChI=1S/C16H23N3OS/c1-11(2)19(12(3)4)8-7-17-16(20)13-5-6-14-15(9-13)21-10-18-14/h5-6,9-12H,7-8H2,1-4H3,(H,17,20). The summed E-state index contributed by atoms with van der Waals surface area (Å²) in [5, 5.41) is 3.00. The fourth-order valence-electron chi connectivity index (χ4n) is 2.51. The van der Waals surface area contributed by atoms with Gasteiger partial charge >= 0.3 is 0 Å². The van der Waals surface area contributed by atoms with E-state index >= 15 is 0 Å². The van der Waals surface area contributed by atoms with Crippen molar-refractivity contribution in [3.63, 3.8) is 0 Å². The number of benzene rings is 1. The molecular weight excluding hydrogens is 282 g/mol. The second kappa shape index (κ2) is 7.00. The minimum Gasteiger partial charge on any atom is -0.351 e. The zero-order valence-electron chi connectivity index (χ0n) is 13.1. The van der Waals surface area contributed by atoms with Crippen molar-refractivity contribution in [2.45, 2.75) is 39.8 Å². The van der Waals surface area contributed by atoms with Crippen molar-refractivity contribution < 1.29 is 4.79 Å². The van der Waals surface area contributed by atoms with Gasteiger partial charge in [0.25, 0.3) is 5.91 Å². The summed E-state index contributed by atoms with van der Waals surface area (Å²) < 4.78 is 1.05. The fraction of sp³-hybridized carbons (Fsp3) is 0.500. The third-order valence-electron chi connectivity index (χ3n) is 3.58. The van der Waals surface area contributed by atoms with Gasteiger partial charge < -0.3 is 5.32 Å². The summed E-state index contributed by atoms with van der Waals surface area (Å²) in [6.07, 6.45) is 0. The quantitative estimate of drug-likeness (QED) is 0.891. The van der Waals surface area contributed by atoms with Crippen LogP contribution in [-0.4, -0.2) is 41.0 Å². The average Bonchev–Trinajstić information content (AvgIpc) is 2.89. The van der Waals surface area contributed by atoms with Crippen molar-refractivity contribution in [1.82, 2.24) is 15.2 Å². The molecule has 1 N–H and O–H groups in total. The van der Waals surface area contributed by atoms with E-state index in [0.29, 0.717) is 24.2 Å². The normalized spacial score (nSPS) is 11.8. The van der Waals surface area contributed by atoms with Crippen LogP contribution in [0.5, 0.6) is 0 Å². The first-order valence-electron chi connectivity index (χ1n) is 7.36. The maximum atomic E-state index is 12.2. The number of fused-ring (bicyclic) bond motifs is 1. The van der Waals surface area contributed by atoms with Gasteiger partial charge in [-0.15, -0.1) is 11.3 Å². The van der Waals surface area contributed by atoms with Crippen molar-refractivity contribution in [3.8, 4) is 0 Å². The lowest BCUT2D eigenvalue weighted by atomic mass is 10.2. The number of hydrogen-bond acceptors (Lipinski definition) is 4. The van der Waals surface area contributed by atoms with Crippen molar-refractivity contribution in [3.05, 3.63) is 29.3 Å². The van der Waals surface area contributed by atoms with E-state index in [4.69, 9.17) is 0 Å². The van der Waals surface area contributed by atoms with Crippen LogP contribution in [0.1, 0.15) is 38.1 Å². The highest BCUT2D eigenvalue weighted by Crippen LogP contribution is 2.18. The van der Waals surface area contributed by atoms with Crippen molar-refractivity contribution >= 4 is 27.5 Å². The minimum atomic E-state index is -0.0160. The van der Waals surface area contributed by atoms with Crippen LogP contribution in [0, 0.1) is 0 Å². The van der Waals surface area contributed by atoms with E-state index in [1.54, 1.807) is 16.8 Å². The second-order valence-corrected chi connectivity index (χ2v) is 6.60. The second-order valence-electron chi connectivity index (χ2n) is 5.72. The Kier molecular flexibility index (Phi) is 5.31. The first-order chi connectivity index (χ1) is 9.99. The molecule has 0 bridgehead atoms. The molecule has 2 aromatic rings. The topological polar surface area (TPSA) is 45.2 Å². The molecule has 1 aromatic carbocycles. The number of carbonyl (C=O) groups is 1. The van der Waals surface area contributed by atoms with Crippen LogP contribution in [0.3, 0.4) is 0 Å². The van der Waals surface area contributed by atoms with Gasteiger partial charge in [-0.05, 0) is 45.9 Å². The van der Waals surface area contributed by atoms with E-state index in [2.05, 4.69) is 42.9 Å². The summed E-state index contributed by atoms with van der Waals surface area (Å²) in [4.78, 5) is 18.8. The fourth-order valence-corrected chi connectivity index (χ4v) is 3.23. The predicted octanol–water partition coefficient (Wildman–Crippen LogP) is 3.14. The first kappa shape index (κ1) is 15.9. The van der Waals surface area contributed by atoms with Crippen molar-refractivity contribution in [2.75, 3.05) is 13.1 Å². The predicted molar refractivity (Wildman–Crippen MR) is 88.9 cm³/mol. The Morgan fingerprint density at radius 3 is 2.67 bits per heavy atom. The van der Waals surface area contributed by atoms with Gasteiger partial charge in [0.15, 0.2) is 0 Å². The molecule has 21 heavy (non-hydrogen) atoms. The highest BCUT2D eigenvalue weighted by Gasteiger charge is 2.13. The van der Waals surface area contributed by atoms with Gasteiger partial charge in [0.1, 0.15) is 0 Å². The van der Waals surface area contributed by atoms with Crippen LogP contribution >= 0.6 is 11.3 Å². The zero-order chi connectivity index (χ0) is 15.4. The molecule has 2 rings (SSSR count).